The number of anilines is 3. The van der Waals surface area contributed by atoms with Gasteiger partial charge >= 0.3 is 0 Å². The van der Waals surface area contributed by atoms with E-state index in [0.29, 0.717) is 11.1 Å². The number of nitrogens with one attached hydrogen (secondary N) is 1. The Kier molecular flexibility index (Phi) is 6.25. The van der Waals surface area contributed by atoms with Crippen LogP contribution in [-0.4, -0.2) is 37.5 Å². The van der Waals surface area contributed by atoms with E-state index in [1.54, 1.807) is 13.0 Å². The molecule has 0 heterocycles. The minimum atomic E-state index is -4.96. The van der Waals surface area contributed by atoms with Gasteiger partial charge in [0.25, 0.3) is 20.2 Å². The number of fused-ring (bicyclic) bond motifs is 2. The Balaban J connectivity index is 2.11. The Morgan fingerprint density at radius 3 is 1.86 bits per heavy atom. The molecule has 0 radical (unpaired) electrons. The third kappa shape index (κ3) is 4.10. The maximum absolute atomic E-state index is 13.5. The Morgan fingerprint density at radius 1 is 0.838 bits per heavy atom. The van der Waals surface area contributed by atoms with Gasteiger partial charge in [-0.25, -0.2) is 0 Å². The summed E-state index contributed by atoms with van der Waals surface area (Å²) >= 11 is 0. The highest BCUT2D eigenvalue weighted by atomic mass is 32.2. The van der Waals surface area contributed by atoms with Crippen LogP contribution in [0.1, 0.15) is 54.1 Å². The molecule has 0 saturated carbocycles. The second-order valence-electron chi connectivity index (χ2n) is 8.63. The first-order valence-corrected chi connectivity index (χ1v) is 13.7. The number of rotatable bonds is 5. The third-order valence-corrected chi connectivity index (χ3v) is 8.56. The molecule has 0 bridgehead atoms. The van der Waals surface area contributed by atoms with E-state index in [2.05, 4.69) is 5.32 Å². The zero-order chi connectivity index (χ0) is 27.6. The van der Waals surface area contributed by atoms with Crippen molar-refractivity contribution >= 4 is 48.9 Å². The van der Waals surface area contributed by atoms with Gasteiger partial charge < -0.3 is 16.8 Å². The van der Waals surface area contributed by atoms with E-state index in [4.69, 9.17) is 11.5 Å². The van der Waals surface area contributed by atoms with Crippen LogP contribution in [0, 0.1) is 20.8 Å². The number of benzene rings is 3. The van der Waals surface area contributed by atoms with Gasteiger partial charge in [0.15, 0.2) is 11.6 Å². The minimum Gasteiger partial charge on any atom is -0.397 e. The highest BCUT2D eigenvalue weighted by molar-refractivity contribution is 7.86. The number of ketones is 2. The summed E-state index contributed by atoms with van der Waals surface area (Å²) in [6, 6.07) is 6.81. The van der Waals surface area contributed by atoms with Crippen molar-refractivity contribution in [3.05, 3.63) is 74.8 Å². The Labute approximate surface area is 213 Å². The van der Waals surface area contributed by atoms with Crippen molar-refractivity contribution in [1.29, 1.82) is 0 Å². The second kappa shape index (κ2) is 8.75. The number of nitrogen functional groups attached to an aromatic ring is 1. The molecule has 11 nitrogen and oxygen atoms in total. The normalized spacial score (nSPS) is 13.4. The van der Waals surface area contributed by atoms with Crippen LogP contribution >= 0.6 is 0 Å². The first kappa shape index (κ1) is 26.4. The Bertz CT molecular complexity index is 1760. The fourth-order valence-corrected chi connectivity index (χ4v) is 6.51. The molecule has 4 rings (SSSR count). The van der Waals surface area contributed by atoms with Crippen LogP contribution in [-0.2, 0) is 26.8 Å². The van der Waals surface area contributed by atoms with E-state index < -0.39 is 52.8 Å². The van der Waals surface area contributed by atoms with Crippen LogP contribution in [0.3, 0.4) is 0 Å². The van der Waals surface area contributed by atoms with Gasteiger partial charge in [0.1, 0.15) is 9.79 Å². The fraction of sp³-hybridized carbons (Fsp3) is 0.167. The lowest BCUT2D eigenvalue weighted by atomic mass is 9.82. The third-order valence-electron chi connectivity index (χ3n) is 6.54. The van der Waals surface area contributed by atoms with Crippen LogP contribution in [0.5, 0.6) is 0 Å². The van der Waals surface area contributed by atoms with Crippen LogP contribution in [0.15, 0.2) is 40.1 Å². The summed E-state index contributed by atoms with van der Waals surface area (Å²) in [5.41, 5.74) is 11.6. The average molecular weight is 546 g/mol. The number of hydrogen-bond donors (Lipinski definition) is 5. The molecule has 0 unspecified atom stereocenters. The molecule has 0 amide bonds. The molecule has 3 aromatic rings. The van der Waals surface area contributed by atoms with Crippen molar-refractivity contribution in [2.75, 3.05) is 11.1 Å². The first-order valence-electron chi connectivity index (χ1n) is 10.8. The van der Waals surface area contributed by atoms with Gasteiger partial charge in [0.05, 0.1) is 22.5 Å². The van der Waals surface area contributed by atoms with Crippen LogP contribution in [0.2, 0.25) is 0 Å². The summed E-state index contributed by atoms with van der Waals surface area (Å²) in [4.78, 5) is 25.7. The van der Waals surface area contributed by atoms with Crippen molar-refractivity contribution in [1.82, 2.24) is 0 Å². The van der Waals surface area contributed by atoms with Crippen LogP contribution < -0.4 is 16.8 Å². The number of carbonyl (C=O) groups excluding carboxylic acids is 2. The predicted molar refractivity (Wildman–Crippen MR) is 136 cm³/mol. The molecular formula is C24H23N3O8S2. The molecule has 7 N–H and O–H groups in total. The molecule has 13 heteroatoms. The number of carbonyl (C=O) groups is 2. The maximum Gasteiger partial charge on any atom is 0.296 e. The van der Waals surface area contributed by atoms with Gasteiger partial charge in [-0.3, -0.25) is 18.7 Å². The van der Waals surface area contributed by atoms with E-state index in [1.165, 1.54) is 32.0 Å². The topological polar surface area (TPSA) is 207 Å². The molecule has 1 aliphatic carbocycles. The lowest BCUT2D eigenvalue weighted by molar-refractivity contribution is 0.0980. The van der Waals surface area contributed by atoms with Gasteiger partial charge in [0, 0.05) is 23.4 Å². The summed E-state index contributed by atoms with van der Waals surface area (Å²) in [6.07, 6.45) is 0. The minimum absolute atomic E-state index is 0.00640. The standard InChI is InChI=1S/C24H23N3O8S2/c1-10-15(9-25)11(2)24(37(33,34)35)12(3)21(10)27-16-8-17(36(30,31)32)20(26)19-18(16)22(28)13-6-4-5-7-14(13)23(19)29/h4-8,27H,9,25-26H2,1-3H3,(H,30,31,32)(H,33,34,35). The molecular weight excluding hydrogens is 522 g/mol. The zero-order valence-corrected chi connectivity index (χ0v) is 21.5. The monoisotopic (exact) mass is 545 g/mol. The van der Waals surface area contributed by atoms with Gasteiger partial charge in [-0.2, -0.15) is 16.8 Å². The summed E-state index contributed by atoms with van der Waals surface area (Å²) in [5.74, 6) is -1.37. The molecule has 3 aromatic carbocycles. The lowest BCUT2D eigenvalue weighted by Crippen LogP contribution is -2.25. The molecule has 37 heavy (non-hydrogen) atoms. The Hall–Kier alpha value is -3.62. The SMILES string of the molecule is Cc1c(CN)c(C)c(S(=O)(=O)O)c(C)c1Nc1cc(S(=O)(=O)O)c(N)c2c1C(=O)c1ccccc1C2=O. The second-order valence-corrected chi connectivity index (χ2v) is 11.4. The van der Waals surface area contributed by atoms with E-state index in [9.17, 15) is 35.5 Å². The van der Waals surface area contributed by atoms with Gasteiger partial charge in [0.2, 0.25) is 0 Å². The van der Waals surface area contributed by atoms with Crippen molar-refractivity contribution in [3.8, 4) is 0 Å². The molecule has 194 valence electrons. The van der Waals surface area contributed by atoms with Crippen molar-refractivity contribution in [2.45, 2.75) is 37.1 Å². The van der Waals surface area contributed by atoms with E-state index in [1.807, 2.05) is 0 Å². The first-order chi connectivity index (χ1) is 17.1. The Morgan fingerprint density at radius 2 is 1.38 bits per heavy atom. The molecule has 0 aromatic heterocycles. The quantitative estimate of drug-likeness (QED) is 0.182. The van der Waals surface area contributed by atoms with Crippen LogP contribution in [0.4, 0.5) is 17.1 Å². The number of hydrogen-bond acceptors (Lipinski definition) is 9. The lowest BCUT2D eigenvalue weighted by Gasteiger charge is -2.26. The summed E-state index contributed by atoms with van der Waals surface area (Å²) in [6.45, 7) is 4.40. The smallest absolute Gasteiger partial charge is 0.296 e. The molecule has 0 spiro atoms. The van der Waals surface area contributed by atoms with Gasteiger partial charge in [-0.1, -0.05) is 24.3 Å². The maximum atomic E-state index is 13.5. The van der Waals surface area contributed by atoms with Crippen molar-refractivity contribution < 1.29 is 35.5 Å². The molecule has 0 atom stereocenters. The molecule has 1 aliphatic rings. The zero-order valence-electron chi connectivity index (χ0n) is 19.9. The van der Waals surface area contributed by atoms with Crippen molar-refractivity contribution in [3.63, 3.8) is 0 Å². The van der Waals surface area contributed by atoms with Crippen molar-refractivity contribution in [2.24, 2.45) is 5.73 Å². The van der Waals surface area contributed by atoms with Gasteiger partial charge in [-0.05, 0) is 49.1 Å². The van der Waals surface area contributed by atoms with E-state index >= 15 is 0 Å². The summed E-state index contributed by atoms with van der Waals surface area (Å²) in [7, 11) is -9.67. The molecule has 0 aliphatic heterocycles. The molecule has 0 fully saturated rings. The summed E-state index contributed by atoms with van der Waals surface area (Å²) in [5, 5.41) is 2.87. The average Bonchev–Trinajstić information content (AvgIpc) is 2.79. The number of nitrogens with two attached hydrogens (primary N) is 2. The largest absolute Gasteiger partial charge is 0.397 e. The van der Waals surface area contributed by atoms with E-state index in [0.717, 1.165) is 6.07 Å². The van der Waals surface area contributed by atoms with E-state index in [-0.39, 0.29) is 45.7 Å². The predicted octanol–water partition coefficient (Wildman–Crippen LogP) is 2.67. The van der Waals surface area contributed by atoms with Crippen LogP contribution in [0.25, 0.3) is 0 Å². The fourth-order valence-electron chi connectivity index (χ4n) is 4.87. The van der Waals surface area contributed by atoms with Gasteiger partial charge in [-0.15, -0.1) is 0 Å². The summed E-state index contributed by atoms with van der Waals surface area (Å²) < 4.78 is 68.5. The highest BCUT2D eigenvalue weighted by Crippen LogP contribution is 2.42. The highest BCUT2D eigenvalue weighted by Gasteiger charge is 2.37. The molecule has 0 saturated heterocycles.